The highest BCUT2D eigenvalue weighted by molar-refractivity contribution is 4.79. The molecular weight excluding hydrogens is 244 g/mol. The zero-order valence-corrected chi connectivity index (χ0v) is 14.7. The predicted molar refractivity (Wildman–Crippen MR) is 90.2 cm³/mol. The van der Waals surface area contributed by atoms with Crippen LogP contribution in [0.2, 0.25) is 0 Å². The Balaban J connectivity index is 2.31. The standard InChI is InChI=1S/C18H38N2/c1-6-8-17-9-7-11-20(12-10-17)15-18(4,5)14-19-13-16(2)3/h16-17,19H,6-15H2,1-5H3. The van der Waals surface area contributed by atoms with Crippen molar-refractivity contribution in [3.63, 3.8) is 0 Å². The topological polar surface area (TPSA) is 15.3 Å². The lowest BCUT2D eigenvalue weighted by Gasteiger charge is -2.32. The SMILES string of the molecule is CCCC1CCCN(CC(C)(C)CNCC(C)C)CC1. The molecule has 1 aliphatic heterocycles. The quantitative estimate of drug-likeness (QED) is 0.719. The molecule has 2 heteroatoms. The van der Waals surface area contributed by atoms with Gasteiger partial charge in [0.05, 0.1) is 0 Å². The molecule has 1 N–H and O–H groups in total. The Kier molecular flexibility index (Phi) is 8.13. The molecule has 1 fully saturated rings. The van der Waals surface area contributed by atoms with Crippen LogP contribution in [-0.4, -0.2) is 37.6 Å². The maximum absolute atomic E-state index is 3.63. The summed E-state index contributed by atoms with van der Waals surface area (Å²) in [5.41, 5.74) is 0.388. The van der Waals surface area contributed by atoms with E-state index in [4.69, 9.17) is 0 Å². The van der Waals surface area contributed by atoms with Crippen molar-refractivity contribution in [2.45, 2.75) is 66.7 Å². The Morgan fingerprint density at radius 2 is 1.95 bits per heavy atom. The van der Waals surface area contributed by atoms with E-state index in [0.29, 0.717) is 5.41 Å². The minimum Gasteiger partial charge on any atom is -0.316 e. The van der Waals surface area contributed by atoms with Crippen molar-refractivity contribution < 1.29 is 0 Å². The summed E-state index contributed by atoms with van der Waals surface area (Å²) in [6.45, 7) is 17.9. The van der Waals surface area contributed by atoms with Gasteiger partial charge in [0.1, 0.15) is 0 Å². The van der Waals surface area contributed by atoms with E-state index in [1.165, 1.54) is 51.7 Å². The molecular formula is C18H38N2. The number of likely N-dealkylation sites (tertiary alicyclic amines) is 1. The average molecular weight is 283 g/mol. The van der Waals surface area contributed by atoms with Crippen molar-refractivity contribution in [2.24, 2.45) is 17.3 Å². The zero-order chi connectivity index (χ0) is 15.0. The van der Waals surface area contributed by atoms with Crippen LogP contribution in [0.3, 0.4) is 0 Å². The van der Waals surface area contributed by atoms with E-state index in [0.717, 1.165) is 24.9 Å². The summed E-state index contributed by atoms with van der Waals surface area (Å²) >= 11 is 0. The second-order valence-electron chi connectivity index (χ2n) is 8.05. The number of hydrogen-bond donors (Lipinski definition) is 1. The first-order chi connectivity index (χ1) is 9.43. The Morgan fingerprint density at radius 3 is 2.60 bits per heavy atom. The maximum atomic E-state index is 3.63. The highest BCUT2D eigenvalue weighted by Gasteiger charge is 2.24. The number of hydrogen-bond acceptors (Lipinski definition) is 2. The van der Waals surface area contributed by atoms with Crippen LogP contribution in [0.4, 0.5) is 0 Å². The molecule has 0 aliphatic carbocycles. The predicted octanol–water partition coefficient (Wildman–Crippen LogP) is 4.16. The minimum atomic E-state index is 0.388. The van der Waals surface area contributed by atoms with E-state index in [2.05, 4.69) is 44.8 Å². The molecule has 0 spiro atoms. The van der Waals surface area contributed by atoms with Gasteiger partial charge in [-0.1, -0.05) is 47.5 Å². The van der Waals surface area contributed by atoms with Gasteiger partial charge in [0, 0.05) is 13.1 Å². The molecule has 0 bridgehead atoms. The van der Waals surface area contributed by atoms with Gasteiger partial charge < -0.3 is 10.2 Å². The molecule has 1 saturated heterocycles. The summed E-state index contributed by atoms with van der Waals surface area (Å²) in [5, 5.41) is 3.63. The molecule has 1 heterocycles. The summed E-state index contributed by atoms with van der Waals surface area (Å²) in [7, 11) is 0. The Bertz CT molecular complexity index is 248. The molecule has 0 aromatic heterocycles. The van der Waals surface area contributed by atoms with Gasteiger partial charge in [0.25, 0.3) is 0 Å². The van der Waals surface area contributed by atoms with Crippen molar-refractivity contribution in [2.75, 3.05) is 32.7 Å². The molecule has 20 heavy (non-hydrogen) atoms. The van der Waals surface area contributed by atoms with Gasteiger partial charge in [0.2, 0.25) is 0 Å². The van der Waals surface area contributed by atoms with Crippen LogP contribution in [0.1, 0.15) is 66.7 Å². The van der Waals surface area contributed by atoms with Gasteiger partial charge in [-0.2, -0.15) is 0 Å². The van der Waals surface area contributed by atoms with Crippen molar-refractivity contribution in [3.05, 3.63) is 0 Å². The van der Waals surface area contributed by atoms with Crippen LogP contribution in [0.15, 0.2) is 0 Å². The Morgan fingerprint density at radius 1 is 1.20 bits per heavy atom. The first kappa shape index (κ1) is 18.0. The fourth-order valence-electron chi connectivity index (χ4n) is 3.44. The maximum Gasteiger partial charge on any atom is 0.00448 e. The lowest BCUT2D eigenvalue weighted by atomic mass is 9.92. The first-order valence-corrected chi connectivity index (χ1v) is 8.86. The van der Waals surface area contributed by atoms with Crippen LogP contribution in [0, 0.1) is 17.3 Å². The molecule has 1 atom stereocenters. The molecule has 1 rings (SSSR count). The van der Waals surface area contributed by atoms with Crippen molar-refractivity contribution in [3.8, 4) is 0 Å². The van der Waals surface area contributed by atoms with Gasteiger partial charge in [-0.05, 0) is 56.1 Å². The monoisotopic (exact) mass is 282 g/mol. The van der Waals surface area contributed by atoms with E-state index in [-0.39, 0.29) is 0 Å². The van der Waals surface area contributed by atoms with Crippen LogP contribution in [0.5, 0.6) is 0 Å². The van der Waals surface area contributed by atoms with Gasteiger partial charge in [-0.3, -0.25) is 0 Å². The van der Waals surface area contributed by atoms with E-state index in [1.54, 1.807) is 0 Å². The minimum absolute atomic E-state index is 0.388. The van der Waals surface area contributed by atoms with Crippen LogP contribution >= 0.6 is 0 Å². The highest BCUT2D eigenvalue weighted by Crippen LogP contribution is 2.24. The summed E-state index contributed by atoms with van der Waals surface area (Å²) in [6, 6.07) is 0. The van der Waals surface area contributed by atoms with Crippen molar-refractivity contribution >= 4 is 0 Å². The normalized spacial score (nSPS) is 22.2. The molecule has 120 valence electrons. The molecule has 1 aliphatic rings. The summed E-state index contributed by atoms with van der Waals surface area (Å²) in [5.74, 6) is 1.74. The van der Waals surface area contributed by atoms with Gasteiger partial charge in [-0.25, -0.2) is 0 Å². The number of rotatable bonds is 8. The second-order valence-corrected chi connectivity index (χ2v) is 8.05. The molecule has 0 radical (unpaired) electrons. The molecule has 2 nitrogen and oxygen atoms in total. The first-order valence-electron chi connectivity index (χ1n) is 8.86. The second kappa shape index (κ2) is 9.04. The average Bonchev–Trinajstić information content (AvgIpc) is 2.54. The highest BCUT2D eigenvalue weighted by atomic mass is 15.1. The smallest absolute Gasteiger partial charge is 0.00448 e. The van der Waals surface area contributed by atoms with E-state index >= 15 is 0 Å². The van der Waals surface area contributed by atoms with Crippen molar-refractivity contribution in [1.82, 2.24) is 10.2 Å². The lowest BCUT2D eigenvalue weighted by Crippen LogP contribution is -2.41. The largest absolute Gasteiger partial charge is 0.316 e. The lowest BCUT2D eigenvalue weighted by molar-refractivity contribution is 0.176. The Hall–Kier alpha value is -0.0800. The summed E-state index contributed by atoms with van der Waals surface area (Å²) in [4.78, 5) is 2.71. The van der Waals surface area contributed by atoms with Crippen molar-refractivity contribution in [1.29, 1.82) is 0 Å². The van der Waals surface area contributed by atoms with Gasteiger partial charge in [-0.15, -0.1) is 0 Å². The van der Waals surface area contributed by atoms with Crippen LogP contribution in [-0.2, 0) is 0 Å². The molecule has 0 aromatic carbocycles. The molecule has 0 amide bonds. The van der Waals surface area contributed by atoms with Gasteiger partial charge in [0.15, 0.2) is 0 Å². The van der Waals surface area contributed by atoms with E-state index < -0.39 is 0 Å². The zero-order valence-electron chi connectivity index (χ0n) is 14.7. The third kappa shape index (κ3) is 7.64. The van der Waals surface area contributed by atoms with Crippen LogP contribution in [0.25, 0.3) is 0 Å². The van der Waals surface area contributed by atoms with Crippen LogP contribution < -0.4 is 5.32 Å². The number of nitrogens with zero attached hydrogens (tertiary/aromatic N) is 1. The summed E-state index contributed by atoms with van der Waals surface area (Å²) in [6.07, 6.45) is 7.07. The fraction of sp³-hybridized carbons (Fsp3) is 1.00. The Labute approximate surface area is 127 Å². The van der Waals surface area contributed by atoms with E-state index in [1.807, 2.05) is 0 Å². The third-order valence-corrected chi connectivity index (χ3v) is 4.44. The molecule has 0 saturated carbocycles. The molecule has 0 aromatic rings. The third-order valence-electron chi connectivity index (χ3n) is 4.44. The number of nitrogens with one attached hydrogen (secondary N) is 1. The van der Waals surface area contributed by atoms with Gasteiger partial charge >= 0.3 is 0 Å². The summed E-state index contributed by atoms with van der Waals surface area (Å²) < 4.78 is 0. The fourth-order valence-corrected chi connectivity index (χ4v) is 3.44. The molecule has 1 unspecified atom stereocenters. The van der Waals surface area contributed by atoms with E-state index in [9.17, 15) is 0 Å².